The van der Waals surface area contributed by atoms with Gasteiger partial charge in [-0.1, -0.05) is 50.3 Å². The molecule has 0 unspecified atom stereocenters. The summed E-state index contributed by atoms with van der Waals surface area (Å²) in [4.78, 5) is 28.4. The van der Waals surface area contributed by atoms with Gasteiger partial charge in [-0.3, -0.25) is 14.5 Å². The fourth-order valence-corrected chi connectivity index (χ4v) is 4.21. The molecule has 3 rings (SSSR count). The van der Waals surface area contributed by atoms with Gasteiger partial charge in [0, 0.05) is 11.3 Å². The number of amides is 2. The predicted octanol–water partition coefficient (Wildman–Crippen LogP) is 4.32. The van der Waals surface area contributed by atoms with E-state index in [-0.39, 0.29) is 18.4 Å². The summed E-state index contributed by atoms with van der Waals surface area (Å²) in [5.41, 5.74) is 1.14. The van der Waals surface area contributed by atoms with Gasteiger partial charge in [0.15, 0.2) is 0 Å². The largest absolute Gasteiger partial charge is 0.497 e. The SMILES string of the molecule is COc1ccc(C(=O)N(c2ccccc2)[C@@H](CC2CCCCC2)C(=O)NCC#N)cc1. The number of hydrogen-bond donors (Lipinski definition) is 1. The second kappa shape index (κ2) is 11.2. The van der Waals surface area contributed by atoms with Crippen LogP contribution in [-0.2, 0) is 4.79 Å². The number of carbonyl (C=O) groups excluding carboxylic acids is 2. The number of ether oxygens (including phenoxy) is 1. The highest BCUT2D eigenvalue weighted by molar-refractivity contribution is 6.10. The molecule has 0 radical (unpaired) electrons. The molecule has 1 atom stereocenters. The summed E-state index contributed by atoms with van der Waals surface area (Å²) in [6.07, 6.45) is 6.20. The Bertz CT molecular complexity index is 900. The van der Waals surface area contributed by atoms with E-state index in [1.54, 1.807) is 36.3 Å². The first kappa shape index (κ1) is 22.4. The number of carbonyl (C=O) groups is 2. The van der Waals surface area contributed by atoms with Crippen LogP contribution in [0, 0.1) is 17.2 Å². The normalized spacial score (nSPS) is 14.8. The Hall–Kier alpha value is -3.33. The lowest BCUT2D eigenvalue weighted by atomic mass is 9.84. The minimum absolute atomic E-state index is 0.0840. The zero-order chi connectivity index (χ0) is 22.1. The number of methoxy groups -OCH3 is 1. The van der Waals surface area contributed by atoms with Gasteiger partial charge < -0.3 is 10.1 Å². The molecular weight excluding hydrogens is 390 g/mol. The second-order valence-electron chi connectivity index (χ2n) is 7.87. The number of nitrogens with zero attached hydrogens (tertiary/aromatic N) is 2. The molecule has 2 aromatic carbocycles. The van der Waals surface area contributed by atoms with Crippen LogP contribution in [0.25, 0.3) is 0 Å². The maximum atomic E-state index is 13.6. The third-order valence-corrected chi connectivity index (χ3v) is 5.83. The van der Waals surface area contributed by atoms with Crippen molar-refractivity contribution in [2.75, 3.05) is 18.6 Å². The molecule has 6 nitrogen and oxygen atoms in total. The van der Waals surface area contributed by atoms with Crippen molar-refractivity contribution in [3.8, 4) is 11.8 Å². The van der Waals surface area contributed by atoms with Crippen molar-refractivity contribution in [1.29, 1.82) is 5.26 Å². The average Bonchev–Trinajstić information content (AvgIpc) is 2.83. The molecule has 1 saturated carbocycles. The molecule has 162 valence electrons. The van der Waals surface area contributed by atoms with E-state index in [4.69, 9.17) is 10.00 Å². The van der Waals surface area contributed by atoms with Gasteiger partial charge in [-0.05, 0) is 48.7 Å². The van der Waals surface area contributed by atoms with Crippen LogP contribution >= 0.6 is 0 Å². The molecule has 1 fully saturated rings. The van der Waals surface area contributed by atoms with Crippen LogP contribution in [0.5, 0.6) is 5.75 Å². The van der Waals surface area contributed by atoms with Crippen LogP contribution in [-0.4, -0.2) is 31.5 Å². The van der Waals surface area contributed by atoms with Crippen molar-refractivity contribution in [3.63, 3.8) is 0 Å². The summed E-state index contributed by atoms with van der Waals surface area (Å²) in [7, 11) is 1.58. The van der Waals surface area contributed by atoms with Crippen molar-refractivity contribution in [2.45, 2.75) is 44.6 Å². The number of anilines is 1. The van der Waals surface area contributed by atoms with Crippen molar-refractivity contribution in [3.05, 3.63) is 60.2 Å². The minimum atomic E-state index is -0.687. The molecule has 0 spiro atoms. The number of nitriles is 1. The van der Waals surface area contributed by atoms with Crippen LogP contribution in [0.1, 0.15) is 48.9 Å². The van der Waals surface area contributed by atoms with E-state index in [1.165, 1.54) is 6.42 Å². The fourth-order valence-electron chi connectivity index (χ4n) is 4.21. The van der Waals surface area contributed by atoms with Gasteiger partial charge in [0.25, 0.3) is 5.91 Å². The first-order valence-electron chi connectivity index (χ1n) is 10.8. The number of nitrogens with one attached hydrogen (secondary N) is 1. The molecule has 31 heavy (non-hydrogen) atoms. The average molecular weight is 420 g/mol. The van der Waals surface area contributed by atoms with Gasteiger partial charge in [0.05, 0.1) is 13.2 Å². The van der Waals surface area contributed by atoms with Crippen LogP contribution in [0.2, 0.25) is 0 Å². The lowest BCUT2D eigenvalue weighted by molar-refractivity contribution is -0.122. The first-order chi connectivity index (χ1) is 15.1. The maximum absolute atomic E-state index is 13.6. The van der Waals surface area contributed by atoms with Gasteiger partial charge in [0.1, 0.15) is 18.3 Å². The third-order valence-electron chi connectivity index (χ3n) is 5.83. The zero-order valence-electron chi connectivity index (χ0n) is 17.9. The maximum Gasteiger partial charge on any atom is 0.259 e. The molecule has 1 aliphatic carbocycles. The van der Waals surface area contributed by atoms with Crippen molar-refractivity contribution in [1.82, 2.24) is 5.32 Å². The highest BCUT2D eigenvalue weighted by Crippen LogP contribution is 2.31. The van der Waals surface area contributed by atoms with E-state index >= 15 is 0 Å². The van der Waals surface area contributed by atoms with Crippen molar-refractivity contribution < 1.29 is 14.3 Å². The Morgan fingerprint density at radius 3 is 2.39 bits per heavy atom. The summed E-state index contributed by atoms with van der Waals surface area (Å²) in [5, 5.41) is 11.6. The number of hydrogen-bond acceptors (Lipinski definition) is 4. The monoisotopic (exact) mass is 419 g/mol. The van der Waals surface area contributed by atoms with Gasteiger partial charge in [0.2, 0.25) is 5.91 Å². The molecule has 6 heteroatoms. The highest BCUT2D eigenvalue weighted by Gasteiger charge is 2.34. The molecular formula is C25H29N3O3. The predicted molar refractivity (Wildman–Crippen MR) is 120 cm³/mol. The molecule has 0 aliphatic heterocycles. The standard InChI is InChI=1S/C25H29N3O3/c1-31-22-14-12-20(13-15-22)25(30)28(21-10-6-3-7-11-21)23(24(29)27-17-16-26)18-19-8-4-2-5-9-19/h3,6-7,10-15,19,23H,2,4-5,8-9,17-18H2,1H3,(H,27,29)/t23-/m0/s1. The molecule has 0 heterocycles. The van der Waals surface area contributed by atoms with Crippen LogP contribution in [0.4, 0.5) is 5.69 Å². The van der Waals surface area contributed by atoms with Crippen LogP contribution < -0.4 is 15.0 Å². The zero-order valence-corrected chi connectivity index (χ0v) is 17.9. The highest BCUT2D eigenvalue weighted by atomic mass is 16.5. The molecule has 0 aromatic heterocycles. The van der Waals surface area contributed by atoms with E-state index in [0.717, 1.165) is 25.7 Å². The number of rotatable bonds is 8. The van der Waals surface area contributed by atoms with E-state index in [2.05, 4.69) is 5.32 Å². The van der Waals surface area contributed by atoms with Gasteiger partial charge in [-0.25, -0.2) is 0 Å². The molecule has 2 aromatic rings. The third kappa shape index (κ3) is 5.85. The van der Waals surface area contributed by atoms with Crippen LogP contribution in [0.15, 0.2) is 54.6 Å². The van der Waals surface area contributed by atoms with E-state index in [9.17, 15) is 9.59 Å². The Kier molecular flexibility index (Phi) is 8.05. The summed E-state index contributed by atoms with van der Waals surface area (Å²) in [6, 6.07) is 17.4. The summed E-state index contributed by atoms with van der Waals surface area (Å²) in [5.74, 6) is 0.495. The molecule has 1 N–H and O–H groups in total. The number of para-hydroxylation sites is 1. The lowest BCUT2D eigenvalue weighted by Gasteiger charge is -2.34. The van der Waals surface area contributed by atoms with E-state index in [0.29, 0.717) is 29.3 Å². The Morgan fingerprint density at radius 1 is 1.10 bits per heavy atom. The molecule has 1 aliphatic rings. The first-order valence-corrected chi connectivity index (χ1v) is 10.8. The molecule has 2 amide bonds. The van der Waals surface area contributed by atoms with E-state index < -0.39 is 6.04 Å². The quantitative estimate of drug-likeness (QED) is 0.646. The fraction of sp³-hybridized carbons (Fsp3) is 0.400. The van der Waals surface area contributed by atoms with Gasteiger partial charge >= 0.3 is 0 Å². The van der Waals surface area contributed by atoms with E-state index in [1.807, 2.05) is 36.4 Å². The summed E-state index contributed by atoms with van der Waals surface area (Å²) < 4.78 is 5.20. The minimum Gasteiger partial charge on any atom is -0.497 e. The van der Waals surface area contributed by atoms with Crippen molar-refractivity contribution in [2.24, 2.45) is 5.92 Å². The van der Waals surface area contributed by atoms with Gasteiger partial charge in [-0.2, -0.15) is 5.26 Å². The van der Waals surface area contributed by atoms with Crippen LogP contribution in [0.3, 0.4) is 0 Å². The Morgan fingerprint density at radius 2 is 1.77 bits per heavy atom. The Balaban J connectivity index is 1.98. The topological polar surface area (TPSA) is 82.4 Å². The molecule has 0 bridgehead atoms. The Labute approximate surface area is 183 Å². The summed E-state index contributed by atoms with van der Waals surface area (Å²) >= 11 is 0. The summed E-state index contributed by atoms with van der Waals surface area (Å²) in [6.45, 7) is -0.0840. The number of benzene rings is 2. The van der Waals surface area contributed by atoms with Gasteiger partial charge in [-0.15, -0.1) is 0 Å². The molecule has 0 saturated heterocycles. The smallest absolute Gasteiger partial charge is 0.259 e. The van der Waals surface area contributed by atoms with Crippen molar-refractivity contribution >= 4 is 17.5 Å². The second-order valence-corrected chi connectivity index (χ2v) is 7.87. The lowest BCUT2D eigenvalue weighted by Crippen LogP contribution is -2.51.